The number of nitrogens with one attached hydrogen (secondary N) is 1. The minimum atomic E-state index is -3.31. The van der Waals surface area contributed by atoms with Crippen molar-refractivity contribution in [2.45, 2.75) is 19.4 Å². The van der Waals surface area contributed by atoms with Gasteiger partial charge in [-0.15, -0.1) is 0 Å². The Balaban J connectivity index is 1.63. The number of sulfonamides is 1. The number of methoxy groups -OCH3 is 2. The summed E-state index contributed by atoms with van der Waals surface area (Å²) in [6.07, 6.45) is 2.43. The van der Waals surface area contributed by atoms with Crippen molar-refractivity contribution in [2.24, 2.45) is 5.92 Å². The van der Waals surface area contributed by atoms with Crippen LogP contribution in [0.25, 0.3) is 11.4 Å². The Labute approximate surface area is 169 Å². The fourth-order valence-corrected chi connectivity index (χ4v) is 4.10. The number of carbonyl (C=O) groups is 1. The normalized spacial score (nSPS) is 17.7. The standard InChI is InChI=1S/C18H24N4O6S/c1-26-13-6-7-14(15(9-13)27-2)17-20-16(28-21-17)10-19-18(23)12-5-4-8-22(11-12)29(3,24)25/h6-7,9,12H,4-5,8,10-11H2,1-3H3,(H,19,23). The average Bonchev–Trinajstić information content (AvgIpc) is 3.19. The third-order valence-electron chi connectivity index (χ3n) is 4.76. The second-order valence-electron chi connectivity index (χ2n) is 6.76. The van der Waals surface area contributed by atoms with Gasteiger partial charge in [0.25, 0.3) is 0 Å². The minimum Gasteiger partial charge on any atom is -0.497 e. The van der Waals surface area contributed by atoms with E-state index >= 15 is 0 Å². The summed E-state index contributed by atoms with van der Waals surface area (Å²) in [7, 11) is -0.215. The minimum absolute atomic E-state index is 0.0552. The Morgan fingerprint density at radius 1 is 1.34 bits per heavy atom. The van der Waals surface area contributed by atoms with Crippen LogP contribution in [0.3, 0.4) is 0 Å². The molecular weight excluding hydrogens is 400 g/mol. The molecular formula is C18H24N4O6S. The highest BCUT2D eigenvalue weighted by Gasteiger charge is 2.30. The number of nitrogens with zero attached hydrogens (tertiary/aromatic N) is 3. The van der Waals surface area contributed by atoms with Crippen LogP contribution in [0.4, 0.5) is 0 Å². The number of aromatic nitrogens is 2. The van der Waals surface area contributed by atoms with Gasteiger partial charge in [0.1, 0.15) is 11.5 Å². The summed E-state index contributed by atoms with van der Waals surface area (Å²) in [5, 5.41) is 6.68. The maximum atomic E-state index is 12.4. The van der Waals surface area contributed by atoms with Crippen LogP contribution >= 0.6 is 0 Å². The molecule has 0 saturated carbocycles. The Bertz CT molecular complexity index is 974. The molecule has 1 aliphatic heterocycles. The molecule has 2 heterocycles. The first-order valence-corrected chi connectivity index (χ1v) is 10.9. The average molecular weight is 424 g/mol. The van der Waals surface area contributed by atoms with Crippen molar-refractivity contribution < 1.29 is 27.2 Å². The molecule has 10 nitrogen and oxygen atoms in total. The molecule has 1 amide bonds. The number of piperidine rings is 1. The molecule has 1 N–H and O–H groups in total. The van der Waals surface area contributed by atoms with E-state index < -0.39 is 15.9 Å². The van der Waals surface area contributed by atoms with Crippen LogP contribution in [-0.2, 0) is 21.4 Å². The van der Waals surface area contributed by atoms with Gasteiger partial charge in [0.15, 0.2) is 0 Å². The predicted octanol–water partition coefficient (Wildman–Crippen LogP) is 1.04. The van der Waals surface area contributed by atoms with Crippen molar-refractivity contribution in [3.8, 4) is 22.9 Å². The van der Waals surface area contributed by atoms with Crippen molar-refractivity contribution in [1.29, 1.82) is 0 Å². The molecule has 3 rings (SSSR count). The summed E-state index contributed by atoms with van der Waals surface area (Å²) >= 11 is 0. The zero-order valence-electron chi connectivity index (χ0n) is 16.5. The molecule has 0 spiro atoms. The van der Waals surface area contributed by atoms with E-state index in [1.807, 2.05) is 0 Å². The Hall–Kier alpha value is -2.66. The highest BCUT2D eigenvalue weighted by Crippen LogP contribution is 2.31. The highest BCUT2D eigenvalue weighted by atomic mass is 32.2. The summed E-state index contributed by atoms with van der Waals surface area (Å²) in [5.74, 6) is 1.10. The van der Waals surface area contributed by atoms with Crippen molar-refractivity contribution in [1.82, 2.24) is 19.8 Å². The first kappa shape index (κ1) is 21.1. The molecule has 0 bridgehead atoms. The highest BCUT2D eigenvalue weighted by molar-refractivity contribution is 7.88. The van der Waals surface area contributed by atoms with Gasteiger partial charge < -0.3 is 19.3 Å². The van der Waals surface area contributed by atoms with Gasteiger partial charge in [-0.3, -0.25) is 4.79 Å². The van der Waals surface area contributed by atoms with Crippen LogP contribution in [0.15, 0.2) is 22.7 Å². The monoisotopic (exact) mass is 424 g/mol. The SMILES string of the molecule is COc1ccc(-c2noc(CNC(=O)C3CCCN(S(C)(=O)=O)C3)n2)c(OC)c1. The number of hydrogen-bond acceptors (Lipinski definition) is 8. The van der Waals surface area contributed by atoms with Crippen molar-refractivity contribution in [3.05, 3.63) is 24.1 Å². The predicted molar refractivity (Wildman–Crippen MR) is 104 cm³/mol. The van der Waals surface area contributed by atoms with Gasteiger partial charge in [-0.2, -0.15) is 4.98 Å². The first-order chi connectivity index (χ1) is 13.8. The molecule has 1 fully saturated rings. The lowest BCUT2D eigenvalue weighted by atomic mass is 9.99. The van der Waals surface area contributed by atoms with Crippen molar-refractivity contribution in [3.63, 3.8) is 0 Å². The lowest BCUT2D eigenvalue weighted by molar-refractivity contribution is -0.126. The molecule has 1 aromatic heterocycles. The maximum absolute atomic E-state index is 12.4. The largest absolute Gasteiger partial charge is 0.497 e. The lowest BCUT2D eigenvalue weighted by Gasteiger charge is -2.29. The van der Waals surface area contributed by atoms with Gasteiger partial charge in [0.2, 0.25) is 27.6 Å². The number of benzene rings is 1. The quantitative estimate of drug-likeness (QED) is 0.699. The molecule has 2 aromatic rings. The van der Waals surface area contributed by atoms with Crippen LogP contribution in [0.2, 0.25) is 0 Å². The van der Waals surface area contributed by atoms with Gasteiger partial charge in [0, 0.05) is 19.2 Å². The Morgan fingerprint density at radius 2 is 2.14 bits per heavy atom. The zero-order chi connectivity index (χ0) is 21.0. The van der Waals surface area contributed by atoms with Crippen LogP contribution in [0.1, 0.15) is 18.7 Å². The van der Waals surface area contributed by atoms with E-state index in [0.717, 1.165) is 6.26 Å². The van der Waals surface area contributed by atoms with E-state index in [1.165, 1.54) is 11.4 Å². The lowest BCUT2D eigenvalue weighted by Crippen LogP contribution is -2.44. The Morgan fingerprint density at radius 3 is 2.83 bits per heavy atom. The number of hydrogen-bond donors (Lipinski definition) is 1. The van der Waals surface area contributed by atoms with E-state index in [1.54, 1.807) is 25.3 Å². The van der Waals surface area contributed by atoms with Gasteiger partial charge in [0.05, 0.1) is 38.5 Å². The second kappa shape index (κ2) is 8.78. The molecule has 1 aromatic carbocycles. The van der Waals surface area contributed by atoms with Crippen molar-refractivity contribution in [2.75, 3.05) is 33.6 Å². The van der Waals surface area contributed by atoms with E-state index in [0.29, 0.717) is 42.3 Å². The van der Waals surface area contributed by atoms with Crippen LogP contribution in [0, 0.1) is 5.92 Å². The number of ether oxygens (including phenoxy) is 2. The fourth-order valence-electron chi connectivity index (χ4n) is 3.18. The number of amides is 1. The fraction of sp³-hybridized carbons (Fsp3) is 0.500. The van der Waals surface area contributed by atoms with E-state index in [-0.39, 0.29) is 24.9 Å². The van der Waals surface area contributed by atoms with Gasteiger partial charge in [-0.05, 0) is 25.0 Å². The molecule has 1 saturated heterocycles. The molecule has 158 valence electrons. The van der Waals surface area contributed by atoms with E-state index in [2.05, 4.69) is 15.5 Å². The first-order valence-electron chi connectivity index (χ1n) is 9.09. The van der Waals surface area contributed by atoms with E-state index in [9.17, 15) is 13.2 Å². The molecule has 11 heteroatoms. The molecule has 29 heavy (non-hydrogen) atoms. The van der Waals surface area contributed by atoms with Crippen LogP contribution in [0.5, 0.6) is 11.5 Å². The number of rotatable bonds is 7. The second-order valence-corrected chi connectivity index (χ2v) is 8.74. The number of carbonyl (C=O) groups excluding carboxylic acids is 1. The molecule has 0 radical (unpaired) electrons. The summed E-state index contributed by atoms with van der Waals surface area (Å²) in [6, 6.07) is 5.22. The molecule has 1 aliphatic rings. The smallest absolute Gasteiger partial charge is 0.246 e. The van der Waals surface area contributed by atoms with Gasteiger partial charge in [-0.25, -0.2) is 12.7 Å². The summed E-state index contributed by atoms with van der Waals surface area (Å²) in [4.78, 5) is 16.7. The van der Waals surface area contributed by atoms with Crippen LogP contribution in [-0.4, -0.2) is 62.3 Å². The van der Waals surface area contributed by atoms with Crippen LogP contribution < -0.4 is 14.8 Å². The summed E-state index contributed by atoms with van der Waals surface area (Å²) < 4.78 is 40.5. The molecule has 0 aliphatic carbocycles. The molecule has 1 unspecified atom stereocenters. The Kier molecular flexibility index (Phi) is 6.38. The summed E-state index contributed by atoms with van der Waals surface area (Å²) in [6.45, 7) is 0.682. The zero-order valence-corrected chi connectivity index (χ0v) is 17.4. The maximum Gasteiger partial charge on any atom is 0.246 e. The topological polar surface area (TPSA) is 124 Å². The van der Waals surface area contributed by atoms with Crippen molar-refractivity contribution >= 4 is 15.9 Å². The summed E-state index contributed by atoms with van der Waals surface area (Å²) in [5.41, 5.74) is 0.630. The van der Waals surface area contributed by atoms with E-state index in [4.69, 9.17) is 14.0 Å². The van der Waals surface area contributed by atoms with Gasteiger partial charge >= 0.3 is 0 Å². The third-order valence-corrected chi connectivity index (χ3v) is 6.03. The molecule has 1 atom stereocenters. The van der Waals surface area contributed by atoms with Gasteiger partial charge in [-0.1, -0.05) is 5.16 Å². The third kappa shape index (κ3) is 5.04.